The van der Waals surface area contributed by atoms with Gasteiger partial charge in [0.1, 0.15) is 0 Å². The molecular formula is C8H17N3O. The van der Waals surface area contributed by atoms with Gasteiger partial charge < -0.3 is 11.1 Å². The van der Waals surface area contributed by atoms with Crippen molar-refractivity contribution < 1.29 is 4.79 Å². The monoisotopic (exact) mass is 171 g/mol. The highest BCUT2D eigenvalue weighted by atomic mass is 16.2. The summed E-state index contributed by atoms with van der Waals surface area (Å²) < 4.78 is 0. The topological polar surface area (TPSA) is 58.4 Å². The normalized spacial score (nSPS) is 24.8. The largest absolute Gasteiger partial charge is 0.352 e. The van der Waals surface area contributed by atoms with Crippen molar-refractivity contribution in [1.82, 2.24) is 10.2 Å². The standard InChI is InChI=1S/C8H17N3O/c1-6(2)11-4-3-7(5-11)10-8(9)12/h6-7H,3-5H2,1-2H3,(H3,9,10,12). The van der Waals surface area contributed by atoms with Crippen LogP contribution in [0.5, 0.6) is 0 Å². The number of urea groups is 1. The molecule has 1 aliphatic rings. The molecule has 1 heterocycles. The summed E-state index contributed by atoms with van der Waals surface area (Å²) in [4.78, 5) is 12.9. The van der Waals surface area contributed by atoms with Crippen molar-refractivity contribution in [3.63, 3.8) is 0 Å². The van der Waals surface area contributed by atoms with E-state index in [1.54, 1.807) is 0 Å². The first-order chi connectivity index (χ1) is 5.59. The zero-order chi connectivity index (χ0) is 9.14. The van der Waals surface area contributed by atoms with Crippen LogP contribution in [0.1, 0.15) is 20.3 Å². The number of rotatable bonds is 2. The van der Waals surface area contributed by atoms with E-state index in [9.17, 15) is 4.79 Å². The van der Waals surface area contributed by atoms with Gasteiger partial charge in [-0.05, 0) is 20.3 Å². The third kappa shape index (κ3) is 2.37. The summed E-state index contributed by atoms with van der Waals surface area (Å²) in [5.74, 6) is 0. The van der Waals surface area contributed by atoms with Crippen molar-refractivity contribution in [1.29, 1.82) is 0 Å². The summed E-state index contributed by atoms with van der Waals surface area (Å²) in [6, 6.07) is 0.403. The minimum absolute atomic E-state index is 0.255. The highest BCUT2D eigenvalue weighted by Gasteiger charge is 2.24. The number of carbonyl (C=O) groups excluding carboxylic acids is 1. The lowest BCUT2D eigenvalue weighted by Crippen LogP contribution is -2.41. The van der Waals surface area contributed by atoms with Crippen LogP contribution >= 0.6 is 0 Å². The van der Waals surface area contributed by atoms with Gasteiger partial charge >= 0.3 is 6.03 Å². The second-order valence-electron chi connectivity index (χ2n) is 3.58. The summed E-state index contributed by atoms with van der Waals surface area (Å²) in [6.45, 7) is 6.31. The third-order valence-electron chi connectivity index (χ3n) is 2.30. The maximum atomic E-state index is 10.5. The van der Waals surface area contributed by atoms with Gasteiger partial charge in [-0.2, -0.15) is 0 Å². The fourth-order valence-corrected chi connectivity index (χ4v) is 1.58. The molecule has 0 bridgehead atoms. The van der Waals surface area contributed by atoms with Crippen molar-refractivity contribution >= 4 is 6.03 Å². The predicted octanol–water partition coefficient (Wildman–Crippen LogP) is 0.137. The van der Waals surface area contributed by atoms with Gasteiger partial charge in [-0.3, -0.25) is 4.90 Å². The molecule has 1 saturated heterocycles. The molecule has 70 valence electrons. The summed E-state index contributed by atoms with van der Waals surface area (Å²) >= 11 is 0. The minimum Gasteiger partial charge on any atom is -0.352 e. The van der Waals surface area contributed by atoms with Crippen LogP contribution in [-0.4, -0.2) is 36.1 Å². The molecule has 0 aromatic rings. The van der Waals surface area contributed by atoms with Crippen molar-refractivity contribution in [3.8, 4) is 0 Å². The van der Waals surface area contributed by atoms with E-state index in [0.717, 1.165) is 19.5 Å². The number of nitrogens with zero attached hydrogens (tertiary/aromatic N) is 1. The van der Waals surface area contributed by atoms with Crippen molar-refractivity contribution in [2.75, 3.05) is 13.1 Å². The van der Waals surface area contributed by atoms with Crippen molar-refractivity contribution in [2.24, 2.45) is 5.73 Å². The molecule has 0 saturated carbocycles. The van der Waals surface area contributed by atoms with Gasteiger partial charge in [0, 0.05) is 25.2 Å². The zero-order valence-electron chi connectivity index (χ0n) is 7.71. The minimum atomic E-state index is -0.411. The first-order valence-electron chi connectivity index (χ1n) is 4.39. The van der Waals surface area contributed by atoms with Crippen LogP contribution in [0.15, 0.2) is 0 Å². The molecule has 4 nitrogen and oxygen atoms in total. The summed E-state index contributed by atoms with van der Waals surface area (Å²) in [7, 11) is 0. The van der Waals surface area contributed by atoms with Crippen molar-refractivity contribution in [2.45, 2.75) is 32.4 Å². The van der Waals surface area contributed by atoms with Crippen LogP contribution in [-0.2, 0) is 0 Å². The number of likely N-dealkylation sites (tertiary alicyclic amines) is 1. The van der Waals surface area contributed by atoms with Crippen molar-refractivity contribution in [3.05, 3.63) is 0 Å². The SMILES string of the molecule is CC(C)N1CCC(NC(N)=O)C1. The van der Waals surface area contributed by atoms with E-state index >= 15 is 0 Å². The number of carbonyl (C=O) groups is 1. The maximum Gasteiger partial charge on any atom is 0.312 e. The Kier molecular flexibility index (Phi) is 2.92. The quantitative estimate of drug-likeness (QED) is 0.620. The van der Waals surface area contributed by atoms with E-state index in [0.29, 0.717) is 6.04 Å². The smallest absolute Gasteiger partial charge is 0.312 e. The molecule has 0 spiro atoms. The van der Waals surface area contributed by atoms with Gasteiger partial charge in [0.2, 0.25) is 0 Å². The molecule has 0 radical (unpaired) electrons. The average Bonchev–Trinajstić information content (AvgIpc) is 2.34. The maximum absolute atomic E-state index is 10.5. The molecule has 1 aliphatic heterocycles. The molecule has 1 unspecified atom stereocenters. The van der Waals surface area contributed by atoms with Crippen LogP contribution in [0.4, 0.5) is 4.79 Å². The highest BCUT2D eigenvalue weighted by Crippen LogP contribution is 2.11. The Morgan fingerprint density at radius 2 is 2.33 bits per heavy atom. The van der Waals surface area contributed by atoms with Gasteiger partial charge in [-0.15, -0.1) is 0 Å². The van der Waals surface area contributed by atoms with E-state index in [1.807, 2.05) is 0 Å². The Balaban J connectivity index is 2.30. The molecule has 1 fully saturated rings. The summed E-state index contributed by atoms with van der Waals surface area (Å²) in [5, 5.41) is 2.72. The van der Waals surface area contributed by atoms with Gasteiger partial charge in [-0.25, -0.2) is 4.79 Å². The number of primary amides is 1. The first-order valence-corrected chi connectivity index (χ1v) is 4.39. The Labute approximate surface area is 73.1 Å². The highest BCUT2D eigenvalue weighted by molar-refractivity contribution is 5.72. The molecule has 2 amide bonds. The molecule has 12 heavy (non-hydrogen) atoms. The second kappa shape index (κ2) is 3.76. The number of hydrogen-bond donors (Lipinski definition) is 2. The first kappa shape index (κ1) is 9.32. The molecule has 0 aromatic carbocycles. The zero-order valence-corrected chi connectivity index (χ0v) is 7.71. The molecule has 1 rings (SSSR count). The number of hydrogen-bond acceptors (Lipinski definition) is 2. The fraction of sp³-hybridized carbons (Fsp3) is 0.875. The Bertz CT molecular complexity index is 170. The Morgan fingerprint density at radius 3 is 2.75 bits per heavy atom. The Hall–Kier alpha value is -0.770. The van der Waals surface area contributed by atoms with E-state index in [4.69, 9.17) is 5.73 Å². The van der Waals surface area contributed by atoms with E-state index in [-0.39, 0.29) is 6.04 Å². The number of nitrogens with two attached hydrogens (primary N) is 1. The van der Waals surface area contributed by atoms with Crippen LogP contribution in [0, 0.1) is 0 Å². The Morgan fingerprint density at radius 1 is 1.67 bits per heavy atom. The summed E-state index contributed by atoms with van der Waals surface area (Å²) in [5.41, 5.74) is 5.03. The van der Waals surface area contributed by atoms with Crippen LogP contribution in [0.2, 0.25) is 0 Å². The predicted molar refractivity (Wildman–Crippen MR) is 47.8 cm³/mol. The fourth-order valence-electron chi connectivity index (χ4n) is 1.58. The lowest BCUT2D eigenvalue weighted by molar-refractivity contribution is 0.241. The van der Waals surface area contributed by atoms with E-state index in [1.165, 1.54) is 0 Å². The van der Waals surface area contributed by atoms with E-state index in [2.05, 4.69) is 24.1 Å². The molecular weight excluding hydrogens is 154 g/mol. The third-order valence-corrected chi connectivity index (χ3v) is 2.30. The summed E-state index contributed by atoms with van der Waals surface area (Å²) in [6.07, 6.45) is 1.02. The molecule has 0 aromatic heterocycles. The molecule has 1 atom stereocenters. The van der Waals surface area contributed by atoms with Gasteiger partial charge in [0.15, 0.2) is 0 Å². The van der Waals surface area contributed by atoms with Crippen LogP contribution in [0.3, 0.4) is 0 Å². The van der Waals surface area contributed by atoms with Gasteiger partial charge in [-0.1, -0.05) is 0 Å². The van der Waals surface area contributed by atoms with Gasteiger partial charge in [0.05, 0.1) is 0 Å². The van der Waals surface area contributed by atoms with Crippen LogP contribution < -0.4 is 11.1 Å². The molecule has 3 N–H and O–H groups in total. The number of amides is 2. The molecule has 0 aliphatic carbocycles. The lowest BCUT2D eigenvalue weighted by atomic mass is 10.3. The van der Waals surface area contributed by atoms with Gasteiger partial charge in [0.25, 0.3) is 0 Å². The van der Waals surface area contributed by atoms with Crippen LogP contribution in [0.25, 0.3) is 0 Å². The average molecular weight is 171 g/mol. The van der Waals surface area contributed by atoms with E-state index < -0.39 is 6.03 Å². The lowest BCUT2D eigenvalue weighted by Gasteiger charge is -2.20. The second-order valence-corrected chi connectivity index (χ2v) is 3.58. The molecule has 4 heteroatoms. The number of nitrogens with one attached hydrogen (secondary N) is 1.